The molecule has 2 heterocycles. The minimum atomic E-state index is 0.0543. The Balaban J connectivity index is 0.000000202. The van der Waals surface area contributed by atoms with Gasteiger partial charge in [0.15, 0.2) is 0 Å². The zero-order chi connectivity index (χ0) is 12.8. The Morgan fingerprint density at radius 3 is 2.61 bits per heavy atom. The molecule has 1 aromatic heterocycles. The van der Waals surface area contributed by atoms with Crippen molar-refractivity contribution >= 4 is 23.5 Å². The largest absolute Gasteiger partial charge is 0.305 e. The Morgan fingerprint density at radius 1 is 1.28 bits per heavy atom. The van der Waals surface area contributed by atoms with E-state index in [1.54, 1.807) is 30.4 Å². The van der Waals surface area contributed by atoms with Gasteiger partial charge in [0.25, 0.3) is 0 Å². The molecule has 0 unspecified atom stereocenters. The maximum absolute atomic E-state index is 11.2. The lowest BCUT2D eigenvalue weighted by molar-refractivity contribution is -0.116. The summed E-state index contributed by atoms with van der Waals surface area (Å²) >= 11 is 0. The molecule has 18 heavy (non-hydrogen) atoms. The van der Waals surface area contributed by atoms with Crippen molar-refractivity contribution in [1.82, 2.24) is 15.4 Å². The average molecular weight is 243 g/mol. The van der Waals surface area contributed by atoms with Crippen molar-refractivity contribution in [2.24, 2.45) is 4.99 Å². The molecule has 1 aliphatic rings. The molecule has 6 heteroatoms. The van der Waals surface area contributed by atoms with E-state index < -0.39 is 0 Å². The van der Waals surface area contributed by atoms with Crippen LogP contribution < -0.4 is 4.90 Å². The molecular formula is C12H13N5O. The number of aromatic nitrogens is 3. The van der Waals surface area contributed by atoms with Crippen LogP contribution in [0.25, 0.3) is 0 Å². The van der Waals surface area contributed by atoms with Gasteiger partial charge in [-0.3, -0.25) is 9.79 Å². The van der Waals surface area contributed by atoms with Crippen LogP contribution in [0, 0.1) is 0 Å². The number of fused-ring (bicyclic) bond motifs is 1. The first-order valence-electron chi connectivity index (χ1n) is 5.48. The zero-order valence-electron chi connectivity index (χ0n) is 9.95. The van der Waals surface area contributed by atoms with E-state index in [1.807, 2.05) is 24.3 Å². The highest BCUT2D eigenvalue weighted by Crippen LogP contribution is 2.30. The summed E-state index contributed by atoms with van der Waals surface area (Å²) in [4.78, 5) is 17.1. The van der Waals surface area contributed by atoms with E-state index in [0.29, 0.717) is 6.54 Å². The molecule has 1 aliphatic heterocycles. The Labute approximate surface area is 104 Å². The van der Waals surface area contributed by atoms with Crippen molar-refractivity contribution in [2.45, 2.75) is 6.92 Å². The molecule has 2 aromatic rings. The summed E-state index contributed by atoms with van der Waals surface area (Å²) in [6.07, 6.45) is 4.92. The Hall–Kier alpha value is -2.50. The third-order valence-corrected chi connectivity index (χ3v) is 2.38. The van der Waals surface area contributed by atoms with Crippen molar-refractivity contribution < 1.29 is 4.79 Å². The van der Waals surface area contributed by atoms with Crippen molar-refractivity contribution in [3.8, 4) is 0 Å². The minimum absolute atomic E-state index is 0.0543. The van der Waals surface area contributed by atoms with Gasteiger partial charge in [-0.1, -0.05) is 12.1 Å². The number of aliphatic imine (C=N–C) groups is 1. The lowest BCUT2D eigenvalue weighted by atomic mass is 10.2. The molecule has 0 bridgehead atoms. The molecule has 0 fully saturated rings. The molecule has 0 spiro atoms. The molecule has 0 aliphatic carbocycles. The fraction of sp³-hybridized carbons (Fsp3) is 0.167. The number of anilines is 1. The number of nitrogens with zero attached hydrogens (tertiary/aromatic N) is 4. The molecule has 92 valence electrons. The van der Waals surface area contributed by atoms with Gasteiger partial charge in [-0.15, -0.1) is 0 Å². The van der Waals surface area contributed by atoms with Crippen LogP contribution in [0.15, 0.2) is 41.7 Å². The predicted octanol–water partition coefficient (Wildman–Crippen LogP) is 1.56. The number of benzene rings is 1. The number of carbonyl (C=O) groups is 1. The van der Waals surface area contributed by atoms with E-state index in [4.69, 9.17) is 0 Å². The average Bonchev–Trinajstić information content (AvgIpc) is 2.97. The van der Waals surface area contributed by atoms with Crippen LogP contribution >= 0.6 is 0 Å². The van der Waals surface area contributed by atoms with E-state index in [0.717, 1.165) is 11.4 Å². The molecule has 6 nitrogen and oxygen atoms in total. The summed E-state index contributed by atoms with van der Waals surface area (Å²) in [7, 11) is 0. The van der Waals surface area contributed by atoms with Gasteiger partial charge in [-0.05, 0) is 12.1 Å². The third-order valence-electron chi connectivity index (χ3n) is 2.38. The quantitative estimate of drug-likeness (QED) is 0.763. The van der Waals surface area contributed by atoms with Gasteiger partial charge in [-0.2, -0.15) is 15.4 Å². The highest BCUT2D eigenvalue weighted by molar-refractivity contribution is 6.00. The molecular weight excluding hydrogens is 230 g/mol. The van der Waals surface area contributed by atoms with E-state index in [2.05, 4.69) is 20.4 Å². The molecule has 1 aromatic carbocycles. The highest BCUT2D eigenvalue weighted by Gasteiger charge is 2.16. The standard InChI is InChI=1S/C10H10N2O.C2H3N3/c1-8(13)12-7-6-11-9-4-2-3-5-10(9)12;1-2-4-5-3-1/h2-6H,7H2,1H3;1-2H,(H,3,4,5). The Kier molecular flexibility index (Phi) is 3.80. The predicted molar refractivity (Wildman–Crippen MR) is 69.0 cm³/mol. The fourth-order valence-corrected chi connectivity index (χ4v) is 1.59. The van der Waals surface area contributed by atoms with E-state index >= 15 is 0 Å². The van der Waals surface area contributed by atoms with Crippen LogP contribution in [0.3, 0.4) is 0 Å². The summed E-state index contributed by atoms with van der Waals surface area (Å²) in [5, 5.41) is 9.33. The van der Waals surface area contributed by atoms with Gasteiger partial charge >= 0.3 is 0 Å². The number of carbonyl (C=O) groups excluding carboxylic acids is 1. The van der Waals surface area contributed by atoms with Gasteiger partial charge < -0.3 is 4.90 Å². The number of aromatic amines is 1. The van der Waals surface area contributed by atoms with Crippen LogP contribution in [0.1, 0.15) is 6.92 Å². The van der Waals surface area contributed by atoms with Gasteiger partial charge in [0, 0.05) is 13.1 Å². The summed E-state index contributed by atoms with van der Waals surface area (Å²) < 4.78 is 0. The van der Waals surface area contributed by atoms with E-state index in [9.17, 15) is 4.79 Å². The molecule has 1 N–H and O–H groups in total. The maximum Gasteiger partial charge on any atom is 0.224 e. The van der Waals surface area contributed by atoms with Crippen molar-refractivity contribution in [1.29, 1.82) is 0 Å². The topological polar surface area (TPSA) is 74.2 Å². The van der Waals surface area contributed by atoms with Crippen LogP contribution in [0.2, 0.25) is 0 Å². The molecule has 0 atom stereocenters. The first-order valence-corrected chi connectivity index (χ1v) is 5.48. The maximum atomic E-state index is 11.2. The van der Waals surface area contributed by atoms with Crippen molar-refractivity contribution in [2.75, 3.05) is 11.4 Å². The van der Waals surface area contributed by atoms with Crippen LogP contribution in [0.5, 0.6) is 0 Å². The van der Waals surface area contributed by atoms with E-state index in [1.165, 1.54) is 0 Å². The normalized spacial score (nSPS) is 12.4. The second-order valence-electron chi connectivity index (χ2n) is 3.59. The van der Waals surface area contributed by atoms with Gasteiger partial charge in [-0.25, -0.2) is 0 Å². The highest BCUT2D eigenvalue weighted by atomic mass is 16.2. The molecule has 1 amide bonds. The molecule has 3 rings (SSSR count). The number of hydrogen-bond donors (Lipinski definition) is 1. The zero-order valence-corrected chi connectivity index (χ0v) is 9.95. The number of nitrogens with one attached hydrogen (secondary N) is 1. The summed E-state index contributed by atoms with van der Waals surface area (Å²) in [6, 6.07) is 7.64. The summed E-state index contributed by atoms with van der Waals surface area (Å²) in [6.45, 7) is 2.14. The fourth-order valence-electron chi connectivity index (χ4n) is 1.59. The first kappa shape index (κ1) is 12.0. The van der Waals surface area contributed by atoms with Crippen LogP contribution in [-0.2, 0) is 4.79 Å². The molecule has 0 saturated heterocycles. The number of rotatable bonds is 0. The minimum Gasteiger partial charge on any atom is -0.305 e. The number of amides is 1. The lowest BCUT2D eigenvalue weighted by Crippen LogP contribution is -2.31. The van der Waals surface area contributed by atoms with Gasteiger partial charge in [0.2, 0.25) is 5.91 Å². The van der Waals surface area contributed by atoms with Crippen LogP contribution in [-0.4, -0.2) is 34.1 Å². The smallest absolute Gasteiger partial charge is 0.224 e. The Bertz CT molecular complexity index is 518. The van der Waals surface area contributed by atoms with Crippen LogP contribution in [0.4, 0.5) is 11.4 Å². The van der Waals surface area contributed by atoms with E-state index in [-0.39, 0.29) is 5.91 Å². The monoisotopic (exact) mass is 243 g/mol. The van der Waals surface area contributed by atoms with Crippen molar-refractivity contribution in [3.63, 3.8) is 0 Å². The summed E-state index contributed by atoms with van der Waals surface area (Å²) in [5.41, 5.74) is 1.77. The van der Waals surface area contributed by atoms with Gasteiger partial charge in [0.05, 0.1) is 30.3 Å². The second kappa shape index (κ2) is 5.72. The molecule has 0 saturated carbocycles. The summed E-state index contributed by atoms with van der Waals surface area (Å²) in [5.74, 6) is 0.0543. The Morgan fingerprint density at radius 2 is 2.00 bits per heavy atom. The van der Waals surface area contributed by atoms with Gasteiger partial charge in [0.1, 0.15) is 0 Å². The van der Waals surface area contributed by atoms with Crippen molar-refractivity contribution in [3.05, 3.63) is 36.7 Å². The number of H-pyrrole nitrogens is 1. The number of hydrogen-bond acceptors (Lipinski definition) is 4. The third kappa shape index (κ3) is 2.79. The lowest BCUT2D eigenvalue weighted by Gasteiger charge is -2.23. The molecule has 0 radical (unpaired) electrons. The first-order chi connectivity index (χ1) is 8.79. The number of para-hydroxylation sites is 2. The SMILES string of the molecule is CC(=O)N1CC=Nc2ccccc21.c1cn[nH]n1. The second-order valence-corrected chi connectivity index (χ2v) is 3.59.